The van der Waals surface area contributed by atoms with E-state index in [9.17, 15) is 0 Å². The number of hydrogen-bond donors (Lipinski definition) is 1. The fraction of sp³-hybridized carbons (Fsp3) is 0.647. The summed E-state index contributed by atoms with van der Waals surface area (Å²) in [4.78, 5) is 2.32. The summed E-state index contributed by atoms with van der Waals surface area (Å²) >= 11 is 0. The predicted molar refractivity (Wildman–Crippen MR) is 87.0 cm³/mol. The van der Waals surface area contributed by atoms with Gasteiger partial charge < -0.3 is 19.5 Å². The number of ether oxygens (including phenoxy) is 2. The lowest BCUT2D eigenvalue weighted by atomic mass is 10.2. The van der Waals surface area contributed by atoms with Gasteiger partial charge in [0.1, 0.15) is 0 Å². The zero-order valence-corrected chi connectivity index (χ0v) is 13.5. The van der Waals surface area contributed by atoms with Gasteiger partial charge in [-0.15, -0.1) is 0 Å². The number of anilines is 1. The van der Waals surface area contributed by atoms with Crippen LogP contribution >= 0.6 is 0 Å². The Bertz CT molecular complexity index is 384. The lowest BCUT2D eigenvalue weighted by Gasteiger charge is -2.24. The van der Waals surface area contributed by atoms with Crippen LogP contribution in [0.25, 0.3) is 0 Å². The quantitative estimate of drug-likeness (QED) is 0.637. The van der Waals surface area contributed by atoms with Gasteiger partial charge in [0.05, 0.1) is 25.9 Å². The fourth-order valence-corrected chi connectivity index (χ4v) is 2.16. The number of aliphatic hydroxyl groups excluding tert-OH is 1. The Labute approximate surface area is 128 Å². The maximum Gasteiger partial charge on any atom is 0.0697 e. The maximum absolute atomic E-state index is 8.63. The minimum atomic E-state index is 0.0805. The molecule has 0 saturated heterocycles. The molecule has 1 aromatic rings. The first-order valence-electron chi connectivity index (χ1n) is 7.79. The first kappa shape index (κ1) is 18.0. The number of benzene rings is 1. The summed E-state index contributed by atoms with van der Waals surface area (Å²) in [5.74, 6) is 0. The van der Waals surface area contributed by atoms with E-state index in [2.05, 4.69) is 49.9 Å². The van der Waals surface area contributed by atoms with E-state index in [1.807, 2.05) is 0 Å². The highest BCUT2D eigenvalue weighted by Crippen LogP contribution is 2.15. The molecular formula is C17H29NO3. The summed E-state index contributed by atoms with van der Waals surface area (Å²) in [5, 5.41) is 8.63. The largest absolute Gasteiger partial charge is 0.394 e. The smallest absolute Gasteiger partial charge is 0.0697 e. The highest BCUT2D eigenvalue weighted by molar-refractivity contribution is 5.48. The topological polar surface area (TPSA) is 41.9 Å². The van der Waals surface area contributed by atoms with Crippen molar-refractivity contribution in [3.05, 3.63) is 29.8 Å². The van der Waals surface area contributed by atoms with E-state index in [0.717, 1.165) is 19.5 Å². The van der Waals surface area contributed by atoms with Crippen molar-refractivity contribution in [2.45, 2.75) is 33.3 Å². The van der Waals surface area contributed by atoms with Crippen LogP contribution in [0.2, 0.25) is 0 Å². The highest BCUT2D eigenvalue weighted by atomic mass is 16.5. The molecule has 120 valence electrons. The van der Waals surface area contributed by atoms with Crippen molar-refractivity contribution in [1.82, 2.24) is 0 Å². The van der Waals surface area contributed by atoms with Gasteiger partial charge in [-0.05, 0) is 44.9 Å². The summed E-state index contributed by atoms with van der Waals surface area (Å²) in [6.07, 6.45) is 1.04. The molecule has 1 atom stereocenters. The number of rotatable bonds is 11. The molecule has 0 aliphatic rings. The minimum absolute atomic E-state index is 0.0805. The number of likely N-dealkylation sites (N-methyl/N-ethyl adjacent to an activating group) is 1. The molecule has 0 bridgehead atoms. The number of nitrogens with zero attached hydrogens (tertiary/aromatic N) is 1. The Morgan fingerprint density at radius 2 is 2.05 bits per heavy atom. The van der Waals surface area contributed by atoms with Crippen molar-refractivity contribution < 1.29 is 14.6 Å². The molecule has 0 aromatic heterocycles. The third-order valence-electron chi connectivity index (χ3n) is 3.42. The van der Waals surface area contributed by atoms with Crippen molar-refractivity contribution in [2.75, 3.05) is 44.4 Å². The Kier molecular flexibility index (Phi) is 9.06. The zero-order valence-electron chi connectivity index (χ0n) is 13.5. The van der Waals surface area contributed by atoms with Gasteiger partial charge in [0.25, 0.3) is 0 Å². The molecule has 0 spiro atoms. The third-order valence-corrected chi connectivity index (χ3v) is 3.42. The lowest BCUT2D eigenvalue weighted by molar-refractivity contribution is 0.0271. The molecule has 1 N–H and O–H groups in total. The lowest BCUT2D eigenvalue weighted by Crippen LogP contribution is -2.28. The van der Waals surface area contributed by atoms with Crippen LogP contribution in [-0.2, 0) is 9.47 Å². The van der Waals surface area contributed by atoms with Gasteiger partial charge in [-0.1, -0.05) is 12.1 Å². The van der Waals surface area contributed by atoms with E-state index in [1.165, 1.54) is 11.3 Å². The summed E-state index contributed by atoms with van der Waals surface area (Å²) in [6.45, 7) is 10.0. The molecule has 1 rings (SSSR count). The molecule has 4 nitrogen and oxygen atoms in total. The Morgan fingerprint density at radius 1 is 1.24 bits per heavy atom. The summed E-state index contributed by atoms with van der Waals surface area (Å²) in [7, 11) is 0. The Morgan fingerprint density at radius 3 is 2.71 bits per heavy atom. The van der Waals surface area contributed by atoms with E-state index in [4.69, 9.17) is 14.6 Å². The number of hydrogen-bond acceptors (Lipinski definition) is 4. The monoisotopic (exact) mass is 295 g/mol. The molecule has 0 amide bonds. The van der Waals surface area contributed by atoms with E-state index < -0.39 is 0 Å². The molecular weight excluding hydrogens is 266 g/mol. The summed E-state index contributed by atoms with van der Waals surface area (Å²) in [5.41, 5.74) is 2.53. The van der Waals surface area contributed by atoms with Crippen LogP contribution in [-0.4, -0.2) is 50.7 Å². The van der Waals surface area contributed by atoms with E-state index in [0.29, 0.717) is 19.8 Å². The second kappa shape index (κ2) is 10.6. The minimum Gasteiger partial charge on any atom is -0.394 e. The SMILES string of the molecule is CCN(CCOC(C)CCOCCO)c1cccc(C)c1. The van der Waals surface area contributed by atoms with Crippen LogP contribution in [0, 0.1) is 6.92 Å². The van der Waals surface area contributed by atoms with E-state index >= 15 is 0 Å². The van der Waals surface area contributed by atoms with Crippen LogP contribution in [0.4, 0.5) is 5.69 Å². The Balaban J connectivity index is 2.26. The van der Waals surface area contributed by atoms with Crippen LogP contribution in [0.1, 0.15) is 25.8 Å². The van der Waals surface area contributed by atoms with Crippen molar-refractivity contribution in [1.29, 1.82) is 0 Å². The van der Waals surface area contributed by atoms with Crippen LogP contribution in [0.3, 0.4) is 0 Å². The highest BCUT2D eigenvalue weighted by Gasteiger charge is 2.06. The summed E-state index contributed by atoms with van der Waals surface area (Å²) in [6, 6.07) is 8.55. The summed E-state index contributed by atoms with van der Waals surface area (Å²) < 4.78 is 11.1. The Hall–Kier alpha value is -1.10. The van der Waals surface area contributed by atoms with Crippen molar-refractivity contribution in [3.8, 4) is 0 Å². The van der Waals surface area contributed by atoms with Gasteiger partial charge in [-0.25, -0.2) is 0 Å². The van der Waals surface area contributed by atoms with Crippen LogP contribution < -0.4 is 4.90 Å². The molecule has 0 fully saturated rings. The molecule has 4 heteroatoms. The van der Waals surface area contributed by atoms with Gasteiger partial charge in [-0.3, -0.25) is 0 Å². The molecule has 0 aliphatic carbocycles. The van der Waals surface area contributed by atoms with Crippen molar-refractivity contribution in [2.24, 2.45) is 0 Å². The third kappa shape index (κ3) is 7.46. The molecule has 0 heterocycles. The molecule has 0 saturated carbocycles. The fourth-order valence-electron chi connectivity index (χ4n) is 2.16. The van der Waals surface area contributed by atoms with Gasteiger partial charge in [0.15, 0.2) is 0 Å². The molecule has 0 radical (unpaired) electrons. The second-order valence-corrected chi connectivity index (χ2v) is 5.22. The maximum atomic E-state index is 8.63. The molecule has 1 unspecified atom stereocenters. The standard InChI is InChI=1S/C17H29NO3/c1-4-18(17-7-5-6-15(2)14-17)9-12-21-16(3)8-11-20-13-10-19/h5-7,14,16,19H,4,8-13H2,1-3H3. The van der Waals surface area contributed by atoms with Gasteiger partial charge in [-0.2, -0.15) is 0 Å². The van der Waals surface area contributed by atoms with E-state index in [-0.39, 0.29) is 12.7 Å². The first-order valence-corrected chi connectivity index (χ1v) is 7.79. The van der Waals surface area contributed by atoms with Gasteiger partial charge in [0.2, 0.25) is 0 Å². The average Bonchev–Trinajstić information content (AvgIpc) is 2.48. The molecule has 1 aromatic carbocycles. The van der Waals surface area contributed by atoms with Crippen molar-refractivity contribution >= 4 is 5.69 Å². The van der Waals surface area contributed by atoms with E-state index in [1.54, 1.807) is 0 Å². The average molecular weight is 295 g/mol. The van der Waals surface area contributed by atoms with Gasteiger partial charge in [0, 0.05) is 25.4 Å². The number of aryl methyl sites for hydroxylation is 1. The molecule has 0 aliphatic heterocycles. The number of aliphatic hydroxyl groups is 1. The second-order valence-electron chi connectivity index (χ2n) is 5.22. The first-order chi connectivity index (χ1) is 10.2. The zero-order chi connectivity index (χ0) is 15.5. The predicted octanol–water partition coefficient (Wildman–Crippen LogP) is 2.63. The van der Waals surface area contributed by atoms with Crippen LogP contribution in [0.15, 0.2) is 24.3 Å². The van der Waals surface area contributed by atoms with Gasteiger partial charge >= 0.3 is 0 Å². The molecule has 21 heavy (non-hydrogen) atoms. The normalized spacial score (nSPS) is 12.4. The van der Waals surface area contributed by atoms with Crippen molar-refractivity contribution in [3.63, 3.8) is 0 Å². The van der Waals surface area contributed by atoms with Crippen LogP contribution in [0.5, 0.6) is 0 Å².